The molecular formula is C13H13N5OS. The van der Waals surface area contributed by atoms with Gasteiger partial charge in [-0.15, -0.1) is 11.3 Å². The molecule has 0 bridgehead atoms. The number of thiophene rings is 1. The molecule has 4 heterocycles. The van der Waals surface area contributed by atoms with Crippen molar-refractivity contribution in [1.29, 1.82) is 0 Å². The Morgan fingerprint density at radius 3 is 3.15 bits per heavy atom. The number of anilines is 1. The molecule has 0 amide bonds. The first-order chi connectivity index (χ1) is 9.86. The maximum absolute atomic E-state index is 9.07. The molecule has 0 aromatic carbocycles. The quantitative estimate of drug-likeness (QED) is 0.788. The lowest BCUT2D eigenvalue weighted by molar-refractivity contribution is 0.267. The Bertz CT molecular complexity index is 765. The maximum Gasteiger partial charge on any atom is 0.141 e. The molecule has 7 heteroatoms. The summed E-state index contributed by atoms with van der Waals surface area (Å²) in [4.78, 5) is 12.0. The fraction of sp³-hybridized carbons (Fsp3) is 0.308. The van der Waals surface area contributed by atoms with E-state index in [0.29, 0.717) is 6.54 Å². The molecule has 0 fully saturated rings. The molecule has 0 spiro atoms. The predicted molar refractivity (Wildman–Crippen MR) is 76.6 cm³/mol. The van der Waals surface area contributed by atoms with Crippen molar-refractivity contribution in [3.8, 4) is 0 Å². The summed E-state index contributed by atoms with van der Waals surface area (Å²) < 4.78 is 1.88. The van der Waals surface area contributed by atoms with Gasteiger partial charge in [0, 0.05) is 12.1 Å². The maximum atomic E-state index is 9.07. The molecule has 20 heavy (non-hydrogen) atoms. The first-order valence-corrected chi connectivity index (χ1v) is 7.32. The molecule has 3 aromatic heterocycles. The standard InChI is InChI=1S/C13H13N5OS/c19-3-2-18-11-7-17(6-9(11)5-16-18)12-10-1-4-20-13(10)15-8-14-12/h1,4-5,8,19H,2-3,6-7H2. The molecule has 0 radical (unpaired) electrons. The highest BCUT2D eigenvalue weighted by molar-refractivity contribution is 7.16. The number of fused-ring (bicyclic) bond motifs is 2. The zero-order valence-electron chi connectivity index (χ0n) is 10.7. The fourth-order valence-corrected chi connectivity index (χ4v) is 3.40. The van der Waals surface area contributed by atoms with Gasteiger partial charge >= 0.3 is 0 Å². The predicted octanol–water partition coefficient (Wildman–Crippen LogP) is 1.40. The van der Waals surface area contributed by atoms with Crippen LogP contribution in [-0.4, -0.2) is 31.5 Å². The van der Waals surface area contributed by atoms with Gasteiger partial charge in [-0.25, -0.2) is 9.97 Å². The lowest BCUT2D eigenvalue weighted by Gasteiger charge is -2.17. The Kier molecular flexibility index (Phi) is 2.68. The Balaban J connectivity index is 1.71. The second kappa shape index (κ2) is 4.53. The first-order valence-electron chi connectivity index (χ1n) is 6.44. The summed E-state index contributed by atoms with van der Waals surface area (Å²) in [5.41, 5.74) is 2.38. The van der Waals surface area contributed by atoms with E-state index in [1.165, 1.54) is 11.3 Å². The van der Waals surface area contributed by atoms with Crippen molar-refractivity contribution in [1.82, 2.24) is 19.7 Å². The number of aliphatic hydroxyl groups is 1. The van der Waals surface area contributed by atoms with Gasteiger partial charge in [0.2, 0.25) is 0 Å². The van der Waals surface area contributed by atoms with Gasteiger partial charge in [0.05, 0.1) is 37.0 Å². The fourth-order valence-electron chi connectivity index (χ4n) is 2.67. The lowest BCUT2D eigenvalue weighted by Crippen LogP contribution is -2.18. The molecule has 4 rings (SSSR count). The zero-order chi connectivity index (χ0) is 13.5. The molecule has 6 nitrogen and oxygen atoms in total. The zero-order valence-corrected chi connectivity index (χ0v) is 11.5. The lowest BCUT2D eigenvalue weighted by atomic mass is 10.3. The van der Waals surface area contributed by atoms with Crippen LogP contribution in [0.1, 0.15) is 11.3 Å². The van der Waals surface area contributed by atoms with E-state index in [2.05, 4.69) is 26.0 Å². The van der Waals surface area contributed by atoms with Crippen molar-refractivity contribution in [2.24, 2.45) is 0 Å². The third-order valence-corrected chi connectivity index (χ3v) is 4.41. The van der Waals surface area contributed by atoms with Crippen LogP contribution in [0.3, 0.4) is 0 Å². The van der Waals surface area contributed by atoms with E-state index in [9.17, 15) is 0 Å². The Morgan fingerprint density at radius 1 is 1.30 bits per heavy atom. The molecule has 0 aliphatic carbocycles. The summed E-state index contributed by atoms with van der Waals surface area (Å²) in [6.45, 7) is 2.23. The van der Waals surface area contributed by atoms with Crippen molar-refractivity contribution in [3.05, 3.63) is 35.2 Å². The van der Waals surface area contributed by atoms with Crippen molar-refractivity contribution < 1.29 is 5.11 Å². The highest BCUT2D eigenvalue weighted by Crippen LogP contribution is 2.32. The number of aromatic nitrogens is 4. The van der Waals surface area contributed by atoms with Gasteiger partial charge in [0.15, 0.2) is 0 Å². The van der Waals surface area contributed by atoms with Crippen LogP contribution >= 0.6 is 11.3 Å². The third kappa shape index (κ3) is 1.70. The molecule has 0 unspecified atom stereocenters. The van der Waals surface area contributed by atoms with Crippen LogP contribution in [0.15, 0.2) is 24.0 Å². The highest BCUT2D eigenvalue weighted by Gasteiger charge is 2.25. The topological polar surface area (TPSA) is 67.1 Å². The number of hydrogen-bond acceptors (Lipinski definition) is 6. The number of nitrogens with zero attached hydrogens (tertiary/aromatic N) is 5. The van der Waals surface area contributed by atoms with Crippen molar-refractivity contribution in [2.75, 3.05) is 11.5 Å². The van der Waals surface area contributed by atoms with E-state index < -0.39 is 0 Å². The number of hydrogen-bond donors (Lipinski definition) is 1. The molecule has 1 N–H and O–H groups in total. The minimum Gasteiger partial charge on any atom is -0.394 e. The van der Waals surface area contributed by atoms with Gasteiger partial charge < -0.3 is 10.0 Å². The largest absolute Gasteiger partial charge is 0.394 e. The second-order valence-corrected chi connectivity index (χ2v) is 5.65. The van der Waals surface area contributed by atoms with E-state index >= 15 is 0 Å². The van der Waals surface area contributed by atoms with Gasteiger partial charge in [-0.1, -0.05) is 0 Å². The number of rotatable bonds is 3. The van der Waals surface area contributed by atoms with Crippen LogP contribution in [-0.2, 0) is 19.6 Å². The number of aliphatic hydroxyl groups excluding tert-OH is 1. The summed E-state index contributed by atoms with van der Waals surface area (Å²) in [6.07, 6.45) is 3.51. The van der Waals surface area contributed by atoms with Crippen LogP contribution < -0.4 is 4.90 Å². The summed E-state index contributed by atoms with van der Waals surface area (Å²) in [7, 11) is 0. The van der Waals surface area contributed by atoms with E-state index in [0.717, 1.165) is 29.1 Å². The highest BCUT2D eigenvalue weighted by atomic mass is 32.1. The Morgan fingerprint density at radius 2 is 2.25 bits per heavy atom. The Hall–Kier alpha value is -1.99. The van der Waals surface area contributed by atoms with Crippen molar-refractivity contribution >= 4 is 27.4 Å². The van der Waals surface area contributed by atoms with Gasteiger partial charge in [0.1, 0.15) is 17.0 Å². The van der Waals surface area contributed by atoms with Crippen LogP contribution in [0.4, 0.5) is 5.82 Å². The molecular weight excluding hydrogens is 274 g/mol. The SMILES string of the molecule is OCCn1ncc2c1CN(c1ncnc3sccc13)C2. The van der Waals surface area contributed by atoms with E-state index in [4.69, 9.17) is 5.11 Å². The summed E-state index contributed by atoms with van der Waals surface area (Å²) >= 11 is 1.63. The van der Waals surface area contributed by atoms with Gasteiger partial charge in [-0.2, -0.15) is 5.10 Å². The second-order valence-electron chi connectivity index (χ2n) is 4.76. The molecule has 0 atom stereocenters. The Labute approximate surface area is 119 Å². The average Bonchev–Trinajstić information content (AvgIpc) is 3.14. The molecule has 102 valence electrons. The first kappa shape index (κ1) is 11.8. The minimum absolute atomic E-state index is 0.108. The van der Waals surface area contributed by atoms with Crippen LogP contribution in [0.2, 0.25) is 0 Å². The third-order valence-electron chi connectivity index (χ3n) is 3.59. The van der Waals surface area contributed by atoms with Gasteiger partial charge in [-0.3, -0.25) is 4.68 Å². The molecule has 1 aliphatic rings. The molecule has 1 aliphatic heterocycles. The van der Waals surface area contributed by atoms with E-state index in [1.54, 1.807) is 17.7 Å². The summed E-state index contributed by atoms with van der Waals surface area (Å²) in [5, 5.41) is 16.5. The monoisotopic (exact) mass is 287 g/mol. The van der Waals surface area contributed by atoms with Gasteiger partial charge in [-0.05, 0) is 11.4 Å². The average molecular weight is 287 g/mol. The van der Waals surface area contributed by atoms with Crippen LogP contribution in [0.5, 0.6) is 0 Å². The van der Waals surface area contributed by atoms with Gasteiger partial charge in [0.25, 0.3) is 0 Å². The van der Waals surface area contributed by atoms with Crippen LogP contribution in [0.25, 0.3) is 10.2 Å². The normalized spacial score (nSPS) is 14.2. The molecule has 3 aromatic rings. The smallest absolute Gasteiger partial charge is 0.141 e. The van der Waals surface area contributed by atoms with Crippen molar-refractivity contribution in [3.63, 3.8) is 0 Å². The summed E-state index contributed by atoms with van der Waals surface area (Å²) in [6, 6.07) is 2.07. The van der Waals surface area contributed by atoms with Crippen molar-refractivity contribution in [2.45, 2.75) is 19.6 Å². The van der Waals surface area contributed by atoms with E-state index in [1.807, 2.05) is 16.3 Å². The minimum atomic E-state index is 0.108. The van der Waals surface area contributed by atoms with Crippen LogP contribution in [0, 0.1) is 0 Å². The molecule has 0 saturated carbocycles. The summed E-state index contributed by atoms with van der Waals surface area (Å²) in [5.74, 6) is 0.975. The van der Waals surface area contributed by atoms with E-state index in [-0.39, 0.29) is 6.61 Å². The molecule has 0 saturated heterocycles.